The first kappa shape index (κ1) is 20.9. The van der Waals surface area contributed by atoms with Crippen LogP contribution in [0.3, 0.4) is 0 Å². The second-order valence-electron chi connectivity index (χ2n) is 7.52. The Morgan fingerprint density at radius 1 is 1.06 bits per heavy atom. The second kappa shape index (κ2) is 8.41. The lowest BCUT2D eigenvalue weighted by molar-refractivity contribution is -0.134. The fourth-order valence-corrected chi connectivity index (χ4v) is 3.28. The third-order valence-electron chi connectivity index (χ3n) is 4.88. The topological polar surface area (TPSA) is 56.1 Å². The number of carbonyl (C=O) groups is 1. The molecule has 31 heavy (non-hydrogen) atoms. The van der Waals surface area contributed by atoms with Crippen molar-refractivity contribution in [2.45, 2.75) is 37.8 Å². The fraction of sp³-hybridized carbons (Fsp3) is 0.273. The third-order valence-corrected chi connectivity index (χ3v) is 4.88. The predicted octanol–water partition coefficient (Wildman–Crippen LogP) is 4.57. The minimum absolute atomic E-state index is 0.0951. The predicted molar refractivity (Wildman–Crippen MR) is 105 cm³/mol. The molecule has 1 N–H and O–H groups in total. The van der Waals surface area contributed by atoms with Crippen molar-refractivity contribution in [2.24, 2.45) is 0 Å². The zero-order valence-corrected chi connectivity index (χ0v) is 16.3. The second-order valence-corrected chi connectivity index (χ2v) is 7.52. The number of ether oxygens (including phenoxy) is 1. The molecular formula is C22H19F4N3O2. The normalized spacial score (nSPS) is 15.4. The van der Waals surface area contributed by atoms with Gasteiger partial charge in [0, 0.05) is 25.1 Å². The first-order valence-electron chi connectivity index (χ1n) is 9.66. The first-order chi connectivity index (χ1) is 14.8. The number of rotatable bonds is 7. The van der Waals surface area contributed by atoms with Crippen molar-refractivity contribution >= 4 is 11.7 Å². The maximum Gasteiger partial charge on any atom is 0.255 e. The number of amides is 1. The van der Waals surface area contributed by atoms with Gasteiger partial charge in [-0.1, -0.05) is 18.2 Å². The van der Waals surface area contributed by atoms with E-state index < -0.39 is 23.7 Å². The highest BCUT2D eigenvalue weighted by Gasteiger charge is 2.46. The lowest BCUT2D eigenvalue weighted by Crippen LogP contribution is -2.43. The Bertz CT molecular complexity index is 1070. The summed E-state index contributed by atoms with van der Waals surface area (Å²) in [7, 11) is 0. The summed E-state index contributed by atoms with van der Waals surface area (Å²) in [5, 5.41) is 6.87. The molecule has 0 radical (unpaired) electrons. The number of alkyl halides is 2. The van der Waals surface area contributed by atoms with E-state index >= 15 is 0 Å². The largest absolute Gasteiger partial charge is 0.490 e. The van der Waals surface area contributed by atoms with Crippen LogP contribution in [0.15, 0.2) is 54.7 Å². The smallest absolute Gasteiger partial charge is 0.255 e. The maximum absolute atomic E-state index is 13.3. The molecule has 0 spiro atoms. The molecule has 0 aliphatic heterocycles. The SMILES string of the molecule is O=C(Cc1ccc(OC2CC(F)(F)C2)cc1)Nc1ccn(Cc2ccc(F)c(F)c2)n1. The summed E-state index contributed by atoms with van der Waals surface area (Å²) in [6.07, 6.45) is 0.676. The zero-order valence-electron chi connectivity index (χ0n) is 16.3. The average molecular weight is 433 g/mol. The van der Waals surface area contributed by atoms with Crippen LogP contribution in [0.4, 0.5) is 23.4 Å². The number of aromatic nitrogens is 2. The quantitative estimate of drug-likeness (QED) is 0.556. The molecule has 1 aliphatic carbocycles. The van der Waals surface area contributed by atoms with Crippen LogP contribution in [0.2, 0.25) is 0 Å². The highest BCUT2D eigenvalue weighted by molar-refractivity contribution is 5.91. The van der Waals surface area contributed by atoms with Crippen molar-refractivity contribution in [1.82, 2.24) is 9.78 Å². The maximum atomic E-state index is 13.3. The standard InChI is InChI=1S/C22H19F4N3O2/c23-18-6-3-15(9-19(18)24)13-29-8-7-20(28-29)27-21(30)10-14-1-4-16(5-2-14)31-17-11-22(25,26)12-17/h1-9,17H,10-13H2,(H,27,28,30). The van der Waals surface area contributed by atoms with E-state index in [0.717, 1.165) is 17.7 Å². The highest BCUT2D eigenvalue weighted by Crippen LogP contribution is 2.39. The van der Waals surface area contributed by atoms with Gasteiger partial charge in [-0.15, -0.1) is 0 Å². The summed E-state index contributed by atoms with van der Waals surface area (Å²) < 4.78 is 59.0. The number of anilines is 1. The van der Waals surface area contributed by atoms with Crippen LogP contribution in [0.5, 0.6) is 5.75 Å². The van der Waals surface area contributed by atoms with E-state index in [9.17, 15) is 22.4 Å². The molecule has 0 saturated heterocycles. The van der Waals surface area contributed by atoms with E-state index in [2.05, 4.69) is 10.4 Å². The van der Waals surface area contributed by atoms with Gasteiger partial charge < -0.3 is 10.1 Å². The molecule has 0 atom stereocenters. The molecule has 5 nitrogen and oxygen atoms in total. The monoisotopic (exact) mass is 433 g/mol. The number of hydrogen-bond donors (Lipinski definition) is 1. The Hall–Kier alpha value is -3.36. The summed E-state index contributed by atoms with van der Waals surface area (Å²) >= 11 is 0. The molecule has 162 valence electrons. The van der Waals surface area contributed by atoms with Gasteiger partial charge in [0.1, 0.15) is 11.9 Å². The van der Waals surface area contributed by atoms with Gasteiger partial charge >= 0.3 is 0 Å². The van der Waals surface area contributed by atoms with Gasteiger partial charge in [-0.3, -0.25) is 9.48 Å². The van der Waals surface area contributed by atoms with Gasteiger partial charge in [0.25, 0.3) is 5.92 Å². The van der Waals surface area contributed by atoms with Gasteiger partial charge in [0.15, 0.2) is 17.5 Å². The molecule has 2 aromatic carbocycles. The molecule has 1 heterocycles. The lowest BCUT2D eigenvalue weighted by atomic mass is 9.91. The van der Waals surface area contributed by atoms with Crippen molar-refractivity contribution in [2.75, 3.05) is 5.32 Å². The van der Waals surface area contributed by atoms with Crippen LogP contribution >= 0.6 is 0 Å². The number of nitrogens with zero attached hydrogens (tertiary/aromatic N) is 2. The molecule has 0 unspecified atom stereocenters. The van der Waals surface area contributed by atoms with Gasteiger partial charge in [-0.25, -0.2) is 17.6 Å². The van der Waals surface area contributed by atoms with Crippen LogP contribution in [-0.2, 0) is 17.8 Å². The molecule has 4 rings (SSSR count). The summed E-state index contributed by atoms with van der Waals surface area (Å²) in [6.45, 7) is 0.224. The number of halogens is 4. The van der Waals surface area contributed by atoms with Crippen molar-refractivity contribution in [1.29, 1.82) is 0 Å². The Morgan fingerprint density at radius 2 is 1.77 bits per heavy atom. The van der Waals surface area contributed by atoms with Crippen LogP contribution in [0, 0.1) is 11.6 Å². The fourth-order valence-electron chi connectivity index (χ4n) is 3.28. The van der Waals surface area contributed by atoms with Gasteiger partial charge in [0.05, 0.1) is 13.0 Å². The Morgan fingerprint density at radius 3 is 2.45 bits per heavy atom. The highest BCUT2D eigenvalue weighted by atomic mass is 19.3. The van der Waals surface area contributed by atoms with Crippen LogP contribution in [-0.4, -0.2) is 27.7 Å². The molecule has 0 bridgehead atoms. The van der Waals surface area contributed by atoms with Crippen molar-refractivity contribution in [3.05, 3.63) is 77.5 Å². The summed E-state index contributed by atoms with van der Waals surface area (Å²) in [5.74, 6) is -3.95. The molecule has 1 fully saturated rings. The summed E-state index contributed by atoms with van der Waals surface area (Å²) in [5.41, 5.74) is 1.26. The van der Waals surface area contributed by atoms with E-state index in [1.165, 1.54) is 10.7 Å². The molecule has 1 aromatic heterocycles. The Balaban J connectivity index is 1.27. The molecule has 9 heteroatoms. The lowest BCUT2D eigenvalue weighted by Gasteiger charge is -2.34. The molecule has 3 aromatic rings. The summed E-state index contributed by atoms with van der Waals surface area (Å²) in [4.78, 5) is 12.3. The zero-order chi connectivity index (χ0) is 22.0. The molecule has 1 amide bonds. The number of benzene rings is 2. The minimum atomic E-state index is -2.63. The van der Waals surface area contributed by atoms with Crippen LogP contribution in [0.25, 0.3) is 0 Å². The van der Waals surface area contributed by atoms with E-state index in [-0.39, 0.29) is 31.7 Å². The average Bonchev–Trinajstić information content (AvgIpc) is 3.11. The number of carbonyl (C=O) groups excluding carboxylic acids is 1. The molecule has 1 saturated carbocycles. The van der Waals surface area contributed by atoms with E-state index in [1.54, 1.807) is 36.5 Å². The Kier molecular flexibility index (Phi) is 5.67. The van der Waals surface area contributed by atoms with Gasteiger partial charge in [0.2, 0.25) is 5.91 Å². The number of nitrogens with one attached hydrogen (secondary N) is 1. The molecular weight excluding hydrogens is 414 g/mol. The van der Waals surface area contributed by atoms with Crippen LogP contribution in [0.1, 0.15) is 24.0 Å². The minimum Gasteiger partial charge on any atom is -0.490 e. The van der Waals surface area contributed by atoms with Crippen molar-refractivity contribution < 1.29 is 27.1 Å². The Labute approximate surface area is 175 Å². The van der Waals surface area contributed by atoms with E-state index in [1.807, 2.05) is 0 Å². The van der Waals surface area contributed by atoms with E-state index in [0.29, 0.717) is 17.1 Å². The molecule has 1 aliphatic rings. The summed E-state index contributed by atoms with van der Waals surface area (Å²) in [6, 6.07) is 11.9. The van der Waals surface area contributed by atoms with Crippen LogP contribution < -0.4 is 10.1 Å². The van der Waals surface area contributed by atoms with Gasteiger partial charge in [-0.05, 0) is 35.4 Å². The third kappa shape index (κ3) is 5.42. The van der Waals surface area contributed by atoms with Gasteiger partial charge in [-0.2, -0.15) is 5.10 Å². The van der Waals surface area contributed by atoms with Crippen molar-refractivity contribution in [3.63, 3.8) is 0 Å². The van der Waals surface area contributed by atoms with Crippen molar-refractivity contribution in [3.8, 4) is 5.75 Å². The van der Waals surface area contributed by atoms with E-state index in [4.69, 9.17) is 4.74 Å². The first-order valence-corrected chi connectivity index (χ1v) is 9.66. The number of hydrogen-bond acceptors (Lipinski definition) is 3.